The first-order valence-electron chi connectivity index (χ1n) is 3.25. The van der Waals surface area contributed by atoms with Gasteiger partial charge in [-0.15, -0.1) is 0 Å². The molecular weight excluding hydrogens is 140 g/mol. The third-order valence-electron chi connectivity index (χ3n) is 1.13. The highest BCUT2D eigenvalue weighted by Crippen LogP contribution is 2.01. The van der Waals surface area contributed by atoms with Crippen molar-refractivity contribution in [2.45, 2.75) is 6.92 Å². The van der Waals surface area contributed by atoms with Gasteiger partial charge in [-0.05, 0) is 6.92 Å². The first-order chi connectivity index (χ1) is 5.33. The molecule has 1 aromatic rings. The smallest absolute Gasteiger partial charge is 0.133 e. The summed E-state index contributed by atoms with van der Waals surface area (Å²) in [6.45, 7) is 1.90. The maximum atomic E-state index is 5.13. The summed E-state index contributed by atoms with van der Waals surface area (Å²) in [5.41, 5.74) is 6.05. The number of rotatable bonds is 2. The first-order valence-corrected chi connectivity index (χ1v) is 3.25. The van der Waals surface area contributed by atoms with Gasteiger partial charge >= 0.3 is 0 Å². The fourth-order valence-corrected chi connectivity index (χ4v) is 0.667. The van der Waals surface area contributed by atoms with E-state index in [0.29, 0.717) is 0 Å². The lowest BCUT2D eigenvalue weighted by Gasteiger charge is -1.97. The van der Waals surface area contributed by atoms with E-state index in [1.54, 1.807) is 6.20 Å². The van der Waals surface area contributed by atoms with Crippen LogP contribution in [-0.4, -0.2) is 9.97 Å². The molecule has 0 saturated heterocycles. The Morgan fingerprint density at radius 1 is 1.55 bits per heavy atom. The average molecular weight is 150 g/mol. The van der Waals surface area contributed by atoms with Crippen LogP contribution in [0.5, 0.6) is 0 Å². The van der Waals surface area contributed by atoms with E-state index in [0.717, 1.165) is 11.5 Å². The van der Waals surface area contributed by atoms with Gasteiger partial charge in [0.05, 0.1) is 0 Å². The van der Waals surface area contributed by atoms with Crippen LogP contribution in [0.4, 0.5) is 5.82 Å². The van der Waals surface area contributed by atoms with Crippen LogP contribution in [0.2, 0.25) is 0 Å². The van der Waals surface area contributed by atoms with Crippen LogP contribution in [-0.2, 0) is 0 Å². The molecule has 11 heavy (non-hydrogen) atoms. The summed E-state index contributed by atoms with van der Waals surface area (Å²) >= 11 is 0. The number of nitrogens with zero attached hydrogens (tertiary/aromatic N) is 2. The molecule has 4 nitrogen and oxygen atoms in total. The second-order valence-corrected chi connectivity index (χ2v) is 2.05. The van der Waals surface area contributed by atoms with E-state index in [9.17, 15) is 0 Å². The molecule has 0 atom stereocenters. The maximum Gasteiger partial charge on any atom is 0.133 e. The molecule has 1 aromatic heterocycles. The lowest BCUT2D eigenvalue weighted by atomic mass is 10.4. The standard InChI is InChI=1S/C7H10N4/c1-6-4-7(9-3-2-8)11-5-10-6/h2-5H,8H2,1H3,(H,9,10,11)/b3-2+. The van der Waals surface area contributed by atoms with Crippen LogP contribution >= 0.6 is 0 Å². The molecule has 0 radical (unpaired) electrons. The fraction of sp³-hybridized carbons (Fsp3) is 0.143. The minimum atomic E-state index is 0.749. The average Bonchev–Trinajstić information content (AvgIpc) is 2.01. The van der Waals surface area contributed by atoms with Gasteiger partial charge in [-0.3, -0.25) is 0 Å². The van der Waals surface area contributed by atoms with E-state index in [-0.39, 0.29) is 0 Å². The molecule has 0 spiro atoms. The van der Waals surface area contributed by atoms with E-state index in [4.69, 9.17) is 5.73 Å². The first kappa shape index (κ1) is 7.53. The molecule has 0 fully saturated rings. The van der Waals surface area contributed by atoms with E-state index in [1.165, 1.54) is 12.5 Å². The zero-order chi connectivity index (χ0) is 8.10. The molecule has 0 aliphatic carbocycles. The number of hydrogen-bond donors (Lipinski definition) is 2. The molecule has 0 unspecified atom stereocenters. The van der Waals surface area contributed by atoms with Gasteiger partial charge < -0.3 is 11.1 Å². The summed E-state index contributed by atoms with van der Waals surface area (Å²) in [4.78, 5) is 7.89. The number of anilines is 1. The van der Waals surface area contributed by atoms with Gasteiger partial charge in [0, 0.05) is 24.2 Å². The van der Waals surface area contributed by atoms with Gasteiger partial charge in [0.1, 0.15) is 12.1 Å². The van der Waals surface area contributed by atoms with Crippen molar-refractivity contribution in [2.75, 3.05) is 5.32 Å². The summed E-state index contributed by atoms with van der Waals surface area (Å²) in [6.07, 6.45) is 4.53. The second-order valence-electron chi connectivity index (χ2n) is 2.05. The molecule has 58 valence electrons. The van der Waals surface area contributed by atoms with Crippen molar-refractivity contribution in [1.29, 1.82) is 0 Å². The number of aryl methyl sites for hydroxylation is 1. The number of nitrogens with one attached hydrogen (secondary N) is 1. The third kappa shape index (κ3) is 2.25. The molecule has 0 aromatic carbocycles. The zero-order valence-electron chi connectivity index (χ0n) is 6.28. The molecule has 0 aliphatic rings. The van der Waals surface area contributed by atoms with Gasteiger partial charge in [-0.1, -0.05) is 0 Å². The SMILES string of the molecule is Cc1cc(N/C=C/N)ncn1. The minimum absolute atomic E-state index is 0.749. The summed E-state index contributed by atoms with van der Waals surface area (Å²) < 4.78 is 0. The van der Waals surface area contributed by atoms with Gasteiger partial charge in [0.2, 0.25) is 0 Å². The molecule has 4 heteroatoms. The van der Waals surface area contributed by atoms with E-state index < -0.39 is 0 Å². The van der Waals surface area contributed by atoms with E-state index in [1.807, 2.05) is 13.0 Å². The number of aromatic nitrogens is 2. The van der Waals surface area contributed by atoms with Crippen LogP contribution in [0.15, 0.2) is 24.8 Å². The molecule has 1 heterocycles. The van der Waals surface area contributed by atoms with E-state index >= 15 is 0 Å². The Bertz CT molecular complexity index is 256. The zero-order valence-corrected chi connectivity index (χ0v) is 6.28. The van der Waals surface area contributed by atoms with Crippen molar-refractivity contribution in [3.63, 3.8) is 0 Å². The van der Waals surface area contributed by atoms with Crippen molar-refractivity contribution in [3.05, 3.63) is 30.5 Å². The Hall–Kier alpha value is -1.58. The second kappa shape index (κ2) is 3.55. The number of hydrogen-bond acceptors (Lipinski definition) is 4. The number of nitrogens with two attached hydrogens (primary N) is 1. The quantitative estimate of drug-likeness (QED) is 0.649. The highest BCUT2D eigenvalue weighted by Gasteiger charge is 1.89. The van der Waals surface area contributed by atoms with Crippen molar-refractivity contribution in [3.8, 4) is 0 Å². The summed E-state index contributed by atoms with van der Waals surface area (Å²) in [5.74, 6) is 0.749. The van der Waals surface area contributed by atoms with Gasteiger partial charge in [-0.2, -0.15) is 0 Å². The van der Waals surface area contributed by atoms with Gasteiger partial charge in [0.15, 0.2) is 0 Å². The minimum Gasteiger partial charge on any atom is -0.403 e. The summed E-state index contributed by atoms with van der Waals surface area (Å²) in [7, 11) is 0. The monoisotopic (exact) mass is 150 g/mol. The fourth-order valence-electron chi connectivity index (χ4n) is 0.667. The summed E-state index contributed by atoms with van der Waals surface area (Å²) in [5, 5.41) is 2.88. The lowest BCUT2D eigenvalue weighted by molar-refractivity contribution is 1.10. The van der Waals surface area contributed by atoms with Gasteiger partial charge in [-0.25, -0.2) is 9.97 Å². The van der Waals surface area contributed by atoms with Crippen LogP contribution < -0.4 is 11.1 Å². The third-order valence-corrected chi connectivity index (χ3v) is 1.13. The molecule has 0 aliphatic heterocycles. The molecule has 0 saturated carbocycles. The van der Waals surface area contributed by atoms with Crippen molar-refractivity contribution in [1.82, 2.24) is 9.97 Å². The van der Waals surface area contributed by atoms with Crippen molar-refractivity contribution < 1.29 is 0 Å². The Morgan fingerprint density at radius 3 is 3.00 bits per heavy atom. The Morgan fingerprint density at radius 2 is 2.36 bits per heavy atom. The highest BCUT2D eigenvalue weighted by atomic mass is 15.0. The molecule has 0 amide bonds. The lowest BCUT2D eigenvalue weighted by Crippen LogP contribution is -1.94. The maximum absolute atomic E-state index is 5.13. The molecule has 3 N–H and O–H groups in total. The van der Waals surface area contributed by atoms with Crippen LogP contribution in [0, 0.1) is 6.92 Å². The predicted octanol–water partition coefficient (Wildman–Crippen LogP) is 0.627. The van der Waals surface area contributed by atoms with Crippen LogP contribution in [0.25, 0.3) is 0 Å². The highest BCUT2D eigenvalue weighted by molar-refractivity contribution is 5.37. The van der Waals surface area contributed by atoms with Crippen molar-refractivity contribution in [2.24, 2.45) is 5.73 Å². The van der Waals surface area contributed by atoms with Gasteiger partial charge in [0.25, 0.3) is 0 Å². The Balaban J connectivity index is 2.71. The topological polar surface area (TPSA) is 63.8 Å². The Kier molecular flexibility index (Phi) is 2.43. The van der Waals surface area contributed by atoms with Crippen molar-refractivity contribution >= 4 is 5.82 Å². The Labute approximate surface area is 65.2 Å². The molecular formula is C7H10N4. The molecule has 1 rings (SSSR count). The largest absolute Gasteiger partial charge is 0.403 e. The summed E-state index contributed by atoms with van der Waals surface area (Å²) in [6, 6.07) is 1.83. The van der Waals surface area contributed by atoms with Crippen LogP contribution in [0.1, 0.15) is 5.69 Å². The predicted molar refractivity (Wildman–Crippen MR) is 43.7 cm³/mol. The van der Waals surface area contributed by atoms with Crippen LogP contribution in [0.3, 0.4) is 0 Å². The normalized spacial score (nSPS) is 10.3. The van der Waals surface area contributed by atoms with E-state index in [2.05, 4.69) is 15.3 Å². The molecule has 0 bridgehead atoms.